The topological polar surface area (TPSA) is 79.0 Å². The largest absolute Gasteiger partial charge is 0.353 e. The van der Waals surface area contributed by atoms with Crippen molar-refractivity contribution in [2.24, 2.45) is 0 Å². The van der Waals surface area contributed by atoms with E-state index in [-0.39, 0.29) is 30.4 Å². The summed E-state index contributed by atoms with van der Waals surface area (Å²) in [5.74, 6) is -0.560. The van der Waals surface area contributed by atoms with Crippen molar-refractivity contribution >= 4 is 29.3 Å². The Morgan fingerprint density at radius 3 is 2.18 bits per heavy atom. The van der Waals surface area contributed by atoms with E-state index in [0.29, 0.717) is 42.1 Å². The molecule has 0 radical (unpaired) electrons. The van der Waals surface area contributed by atoms with Gasteiger partial charge in [-0.2, -0.15) is 0 Å². The lowest BCUT2D eigenvalue weighted by atomic mass is 9.96. The second-order valence-corrected chi connectivity index (χ2v) is 9.21. The number of carbonyl (C=O) groups is 3. The molecule has 2 aromatic rings. The van der Waals surface area contributed by atoms with Crippen LogP contribution in [0.4, 0.5) is 0 Å². The average molecular weight is 470 g/mol. The lowest BCUT2D eigenvalue weighted by Crippen LogP contribution is -2.60. The number of carbonyl (C=O) groups excluding carboxylic acids is 3. The molecule has 1 atom stereocenters. The third kappa shape index (κ3) is 4.75. The number of halogens is 1. The average Bonchev–Trinajstić information content (AvgIpc) is 3.18. The van der Waals surface area contributed by atoms with E-state index in [9.17, 15) is 14.4 Å². The minimum Gasteiger partial charge on any atom is -0.353 e. The van der Waals surface area contributed by atoms with Crippen LogP contribution in [0.25, 0.3) is 0 Å². The molecule has 33 heavy (non-hydrogen) atoms. The highest BCUT2D eigenvalue weighted by Crippen LogP contribution is 2.38. The fraction of sp³-hybridized carbons (Fsp3) is 0.400. The van der Waals surface area contributed by atoms with E-state index in [1.165, 1.54) is 0 Å². The third-order valence-corrected chi connectivity index (χ3v) is 6.41. The number of benzene rings is 2. The molecule has 0 aromatic heterocycles. The maximum absolute atomic E-state index is 13.6. The van der Waals surface area contributed by atoms with Gasteiger partial charge in [-0.15, -0.1) is 0 Å². The molecule has 1 N–H and O–H groups in total. The quantitative estimate of drug-likeness (QED) is 0.744. The Bertz CT molecular complexity index is 1020. The molecule has 0 bridgehead atoms. The fourth-order valence-corrected chi connectivity index (χ4v) is 4.63. The Balaban J connectivity index is 1.56. The maximum atomic E-state index is 13.6. The minimum absolute atomic E-state index is 0.0541. The first-order valence-corrected chi connectivity index (χ1v) is 11.6. The first kappa shape index (κ1) is 23.3. The fourth-order valence-electron chi connectivity index (χ4n) is 4.50. The Morgan fingerprint density at radius 1 is 0.970 bits per heavy atom. The van der Waals surface area contributed by atoms with Gasteiger partial charge in [-0.1, -0.05) is 29.8 Å². The van der Waals surface area contributed by atoms with E-state index >= 15 is 0 Å². The molecule has 2 aromatic carbocycles. The molecule has 1 spiro atoms. The van der Waals surface area contributed by atoms with Crippen LogP contribution < -0.4 is 5.32 Å². The lowest BCUT2D eigenvalue weighted by Gasteiger charge is -2.44. The number of hydrogen-bond donors (Lipinski definition) is 1. The van der Waals surface area contributed by atoms with E-state index in [0.717, 1.165) is 0 Å². The van der Waals surface area contributed by atoms with Crippen LogP contribution in [0.15, 0.2) is 54.6 Å². The summed E-state index contributed by atoms with van der Waals surface area (Å²) in [6.07, 6.45) is 0.854. The van der Waals surface area contributed by atoms with Gasteiger partial charge in [-0.3, -0.25) is 19.3 Å². The molecule has 2 fully saturated rings. The van der Waals surface area contributed by atoms with Crippen molar-refractivity contribution in [2.75, 3.05) is 19.7 Å². The highest BCUT2D eigenvalue weighted by Gasteiger charge is 2.54. The second kappa shape index (κ2) is 9.53. The van der Waals surface area contributed by atoms with Crippen molar-refractivity contribution in [3.05, 3.63) is 70.7 Å². The zero-order valence-corrected chi connectivity index (χ0v) is 19.5. The molecule has 7 nitrogen and oxygen atoms in total. The van der Waals surface area contributed by atoms with Crippen LogP contribution in [0.1, 0.15) is 47.4 Å². The van der Waals surface area contributed by atoms with Crippen molar-refractivity contribution in [3.8, 4) is 0 Å². The summed E-state index contributed by atoms with van der Waals surface area (Å²) >= 11 is 5.94. The van der Waals surface area contributed by atoms with Crippen LogP contribution in [-0.4, -0.2) is 65.0 Å². The van der Waals surface area contributed by atoms with E-state index < -0.39 is 11.8 Å². The van der Waals surface area contributed by atoms with Gasteiger partial charge in [0.25, 0.3) is 11.8 Å². The van der Waals surface area contributed by atoms with Crippen molar-refractivity contribution in [2.45, 2.75) is 44.5 Å². The summed E-state index contributed by atoms with van der Waals surface area (Å²) in [4.78, 5) is 42.8. The molecule has 174 valence electrons. The van der Waals surface area contributed by atoms with Crippen molar-refractivity contribution in [1.82, 2.24) is 15.1 Å². The number of hydrogen-bond acceptors (Lipinski definition) is 4. The Morgan fingerprint density at radius 2 is 1.58 bits per heavy atom. The number of nitrogens with zero attached hydrogens (tertiary/aromatic N) is 2. The molecule has 2 aliphatic rings. The summed E-state index contributed by atoms with van der Waals surface area (Å²) < 4.78 is 6.19. The molecule has 8 heteroatoms. The third-order valence-electron chi connectivity index (χ3n) is 6.16. The molecule has 0 aliphatic carbocycles. The monoisotopic (exact) mass is 469 g/mol. The molecule has 2 heterocycles. The number of amides is 3. The van der Waals surface area contributed by atoms with Crippen LogP contribution in [-0.2, 0) is 9.53 Å². The van der Waals surface area contributed by atoms with Crippen LogP contribution in [0.3, 0.4) is 0 Å². The number of likely N-dealkylation sites (tertiary alicyclic amines) is 1. The number of ether oxygens (including phenoxy) is 1. The minimum atomic E-state index is -0.928. The molecule has 4 rings (SSSR count). The molecular weight excluding hydrogens is 442 g/mol. The molecule has 1 unspecified atom stereocenters. The van der Waals surface area contributed by atoms with Crippen molar-refractivity contribution < 1.29 is 19.1 Å². The van der Waals surface area contributed by atoms with Gasteiger partial charge in [0.15, 0.2) is 0 Å². The highest BCUT2D eigenvalue weighted by atomic mass is 35.5. The van der Waals surface area contributed by atoms with Crippen molar-refractivity contribution in [3.63, 3.8) is 0 Å². The number of piperidine rings is 1. The van der Waals surface area contributed by atoms with E-state index in [2.05, 4.69) is 5.32 Å². The zero-order chi connectivity index (χ0) is 23.6. The van der Waals surface area contributed by atoms with E-state index in [1.54, 1.807) is 58.3 Å². The van der Waals surface area contributed by atoms with E-state index in [1.807, 2.05) is 19.9 Å². The zero-order valence-electron chi connectivity index (χ0n) is 18.8. The summed E-state index contributed by atoms with van der Waals surface area (Å²) in [7, 11) is 0. The van der Waals surface area contributed by atoms with Crippen LogP contribution in [0.2, 0.25) is 5.02 Å². The molecule has 0 saturated carbocycles. The van der Waals surface area contributed by atoms with E-state index in [4.69, 9.17) is 16.3 Å². The second-order valence-electron chi connectivity index (χ2n) is 8.78. The SMILES string of the molecule is CC(C)NC(=O)C1COC2(CCN(C(=O)c3ccc(Cl)cc3)CC2)N1C(=O)c1ccccc1. The molecule has 2 aliphatic heterocycles. The molecule has 3 amide bonds. The van der Waals surface area contributed by atoms with Crippen LogP contribution >= 0.6 is 11.6 Å². The van der Waals surface area contributed by atoms with Gasteiger partial charge >= 0.3 is 0 Å². The predicted octanol–water partition coefficient (Wildman–Crippen LogP) is 3.34. The normalized spacial score (nSPS) is 19.7. The number of nitrogens with one attached hydrogen (secondary N) is 1. The van der Waals surface area contributed by atoms with Gasteiger partial charge in [0.2, 0.25) is 5.91 Å². The van der Waals surface area contributed by atoms with Crippen molar-refractivity contribution in [1.29, 1.82) is 0 Å². The van der Waals surface area contributed by atoms with Gasteiger partial charge in [-0.25, -0.2) is 0 Å². The van der Waals surface area contributed by atoms with Crippen LogP contribution in [0, 0.1) is 0 Å². The Hall–Kier alpha value is -2.90. The summed E-state index contributed by atoms with van der Waals surface area (Å²) in [6, 6.07) is 14.9. The van der Waals surface area contributed by atoms with Gasteiger partial charge in [-0.05, 0) is 50.2 Å². The standard InChI is InChI=1S/C25H28ClN3O4/c1-17(2)27-22(30)21-16-33-25(29(21)24(32)18-6-4-3-5-7-18)12-14-28(15-13-25)23(31)19-8-10-20(26)11-9-19/h3-11,17,21H,12-16H2,1-2H3,(H,27,30). The van der Waals surface area contributed by atoms with Gasteiger partial charge in [0.05, 0.1) is 6.61 Å². The molecule has 2 saturated heterocycles. The van der Waals surface area contributed by atoms with Crippen LogP contribution in [0.5, 0.6) is 0 Å². The van der Waals surface area contributed by atoms with Gasteiger partial charge in [0, 0.05) is 48.1 Å². The van der Waals surface area contributed by atoms with Gasteiger partial charge in [0.1, 0.15) is 11.8 Å². The summed E-state index contributed by atoms with van der Waals surface area (Å²) in [6.45, 7) is 4.72. The smallest absolute Gasteiger partial charge is 0.256 e. The Labute approximate surface area is 198 Å². The number of rotatable bonds is 4. The highest BCUT2D eigenvalue weighted by molar-refractivity contribution is 6.30. The summed E-state index contributed by atoms with van der Waals surface area (Å²) in [5, 5.41) is 3.48. The lowest BCUT2D eigenvalue weighted by molar-refractivity contribution is -0.128. The maximum Gasteiger partial charge on any atom is 0.256 e. The first-order valence-electron chi connectivity index (χ1n) is 11.2. The summed E-state index contributed by atoms with van der Waals surface area (Å²) in [5.41, 5.74) is 0.140. The Kier molecular flexibility index (Phi) is 6.72. The molecular formula is C25H28ClN3O4. The van der Waals surface area contributed by atoms with Gasteiger partial charge < -0.3 is 15.0 Å². The predicted molar refractivity (Wildman–Crippen MR) is 125 cm³/mol. The first-order chi connectivity index (χ1) is 15.8.